The average molecular weight is 349 g/mol. The van der Waals surface area contributed by atoms with Gasteiger partial charge in [0.25, 0.3) is 5.91 Å². The van der Waals surface area contributed by atoms with Crippen molar-refractivity contribution in [3.63, 3.8) is 0 Å². The molecule has 0 aromatic heterocycles. The maximum Gasteiger partial charge on any atom is 0.262 e. The number of rotatable bonds is 4. The van der Waals surface area contributed by atoms with Crippen molar-refractivity contribution in [1.29, 1.82) is 0 Å². The number of anilines is 2. The molecule has 0 atom stereocenters. The van der Waals surface area contributed by atoms with E-state index in [1.807, 2.05) is 26.0 Å². The van der Waals surface area contributed by atoms with E-state index >= 15 is 0 Å². The van der Waals surface area contributed by atoms with Crippen LogP contribution in [0.3, 0.4) is 0 Å². The number of aryl methyl sites for hydroxylation is 2. The summed E-state index contributed by atoms with van der Waals surface area (Å²) in [5, 5.41) is 2.82. The molecule has 0 unspecified atom stereocenters. The Morgan fingerprint density at radius 3 is 2.33 bits per heavy atom. The molecule has 0 fully saturated rings. The van der Waals surface area contributed by atoms with Crippen LogP contribution in [0.1, 0.15) is 11.1 Å². The van der Waals surface area contributed by atoms with Crippen LogP contribution in [0.25, 0.3) is 0 Å². The Bertz CT molecular complexity index is 631. The molecule has 5 heteroatoms. The Morgan fingerprint density at radius 1 is 1.19 bits per heavy atom. The number of carbonyl (C=O) groups is 1. The molecule has 0 saturated carbocycles. The topological polar surface area (TPSA) is 64.3 Å². The van der Waals surface area contributed by atoms with Crippen molar-refractivity contribution in [3.05, 3.63) is 52.0 Å². The second-order valence-electron chi connectivity index (χ2n) is 4.83. The molecular weight excluding hydrogens is 332 g/mol. The van der Waals surface area contributed by atoms with Gasteiger partial charge in [-0.05, 0) is 61.4 Å². The van der Waals surface area contributed by atoms with E-state index < -0.39 is 0 Å². The van der Waals surface area contributed by atoms with Crippen molar-refractivity contribution in [2.45, 2.75) is 13.8 Å². The molecule has 1 amide bonds. The van der Waals surface area contributed by atoms with Gasteiger partial charge in [-0.25, -0.2) is 0 Å². The molecule has 2 aromatic carbocycles. The third kappa shape index (κ3) is 4.23. The Kier molecular flexibility index (Phi) is 4.85. The van der Waals surface area contributed by atoms with Gasteiger partial charge in [0.2, 0.25) is 0 Å². The minimum atomic E-state index is -0.201. The molecule has 0 aliphatic heterocycles. The number of benzene rings is 2. The number of nitrogens with two attached hydrogens (primary N) is 1. The molecule has 2 aromatic rings. The second-order valence-corrected chi connectivity index (χ2v) is 5.62. The maximum atomic E-state index is 11.9. The fourth-order valence-corrected chi connectivity index (χ4v) is 2.16. The van der Waals surface area contributed by atoms with Crippen LogP contribution in [-0.4, -0.2) is 12.5 Å². The summed E-state index contributed by atoms with van der Waals surface area (Å²) < 4.78 is 6.46. The van der Waals surface area contributed by atoms with Crippen LogP contribution >= 0.6 is 15.9 Å². The van der Waals surface area contributed by atoms with Gasteiger partial charge in [-0.3, -0.25) is 4.79 Å². The zero-order valence-electron chi connectivity index (χ0n) is 11.9. The van der Waals surface area contributed by atoms with Crippen LogP contribution in [0.4, 0.5) is 11.4 Å². The molecule has 0 aliphatic carbocycles. The van der Waals surface area contributed by atoms with Gasteiger partial charge in [-0.15, -0.1) is 0 Å². The van der Waals surface area contributed by atoms with E-state index in [1.165, 1.54) is 0 Å². The van der Waals surface area contributed by atoms with E-state index in [9.17, 15) is 4.79 Å². The van der Waals surface area contributed by atoms with Crippen molar-refractivity contribution < 1.29 is 9.53 Å². The quantitative estimate of drug-likeness (QED) is 0.828. The minimum absolute atomic E-state index is 0.0436. The molecule has 0 radical (unpaired) electrons. The third-order valence-corrected chi connectivity index (χ3v) is 4.22. The highest BCUT2D eigenvalue weighted by molar-refractivity contribution is 9.10. The van der Waals surface area contributed by atoms with Crippen molar-refractivity contribution in [2.75, 3.05) is 17.7 Å². The number of carbonyl (C=O) groups excluding carboxylic acids is 1. The van der Waals surface area contributed by atoms with Crippen molar-refractivity contribution in [2.24, 2.45) is 0 Å². The van der Waals surface area contributed by atoms with E-state index in [-0.39, 0.29) is 12.5 Å². The summed E-state index contributed by atoms with van der Waals surface area (Å²) in [6, 6.07) is 10.8. The molecule has 0 aliphatic rings. The van der Waals surface area contributed by atoms with Crippen LogP contribution in [0.15, 0.2) is 40.9 Å². The maximum absolute atomic E-state index is 11.9. The molecule has 2 rings (SSSR count). The number of hydrogen-bond donors (Lipinski definition) is 2. The molecule has 0 saturated heterocycles. The first-order valence-electron chi connectivity index (χ1n) is 6.50. The summed E-state index contributed by atoms with van der Waals surface area (Å²) >= 11 is 3.50. The number of amides is 1. The Morgan fingerprint density at radius 2 is 1.76 bits per heavy atom. The zero-order chi connectivity index (χ0) is 15.4. The minimum Gasteiger partial charge on any atom is -0.484 e. The first kappa shape index (κ1) is 15.4. The normalized spacial score (nSPS) is 10.2. The number of ether oxygens (including phenoxy) is 1. The standard InChI is InChI=1S/C16H17BrN2O2/c1-10-7-13(8-11(2)16(10)17)19-15(20)9-21-14-5-3-12(18)4-6-14/h3-8H,9,18H2,1-2H3,(H,19,20). The summed E-state index contributed by atoms with van der Waals surface area (Å²) in [5.74, 6) is 0.412. The number of nitrogen functional groups attached to an aromatic ring is 1. The van der Waals surface area contributed by atoms with Crippen molar-refractivity contribution in [3.8, 4) is 5.75 Å². The summed E-state index contributed by atoms with van der Waals surface area (Å²) in [6.45, 7) is 3.92. The molecular formula is C16H17BrN2O2. The van der Waals surface area contributed by atoms with Crippen molar-refractivity contribution >= 4 is 33.2 Å². The lowest BCUT2D eigenvalue weighted by atomic mass is 10.1. The van der Waals surface area contributed by atoms with Gasteiger partial charge < -0.3 is 15.8 Å². The first-order chi connectivity index (χ1) is 9.95. The first-order valence-corrected chi connectivity index (χ1v) is 7.30. The fourth-order valence-electron chi connectivity index (χ4n) is 1.93. The molecule has 0 bridgehead atoms. The van der Waals surface area contributed by atoms with Crippen LogP contribution in [-0.2, 0) is 4.79 Å². The van der Waals surface area contributed by atoms with E-state index in [0.29, 0.717) is 11.4 Å². The Hall–Kier alpha value is -2.01. The number of hydrogen-bond acceptors (Lipinski definition) is 3. The van der Waals surface area contributed by atoms with Gasteiger partial charge in [-0.2, -0.15) is 0 Å². The summed E-state index contributed by atoms with van der Waals surface area (Å²) in [6.07, 6.45) is 0. The molecule has 110 valence electrons. The summed E-state index contributed by atoms with van der Waals surface area (Å²) in [4.78, 5) is 11.9. The number of nitrogens with one attached hydrogen (secondary N) is 1. The van der Waals surface area contributed by atoms with Gasteiger partial charge >= 0.3 is 0 Å². The summed E-state index contributed by atoms with van der Waals surface area (Å²) in [7, 11) is 0. The largest absolute Gasteiger partial charge is 0.484 e. The molecule has 0 heterocycles. The van der Waals surface area contributed by atoms with E-state index in [2.05, 4.69) is 21.2 Å². The fraction of sp³-hybridized carbons (Fsp3) is 0.188. The van der Waals surface area contributed by atoms with Crippen LogP contribution in [0.2, 0.25) is 0 Å². The predicted octanol–water partition coefficient (Wildman–Crippen LogP) is 3.67. The highest BCUT2D eigenvalue weighted by atomic mass is 79.9. The summed E-state index contributed by atoms with van der Waals surface area (Å²) in [5.41, 5.74) is 9.16. The van der Waals surface area contributed by atoms with E-state index in [1.54, 1.807) is 24.3 Å². The highest BCUT2D eigenvalue weighted by Crippen LogP contribution is 2.25. The van der Waals surface area contributed by atoms with Gasteiger partial charge in [0.15, 0.2) is 6.61 Å². The van der Waals surface area contributed by atoms with Gasteiger partial charge in [0.1, 0.15) is 5.75 Å². The van der Waals surface area contributed by atoms with Crippen molar-refractivity contribution in [1.82, 2.24) is 0 Å². The lowest BCUT2D eigenvalue weighted by Crippen LogP contribution is -2.20. The Labute approximate surface area is 132 Å². The van der Waals surface area contributed by atoms with Gasteiger partial charge in [-0.1, -0.05) is 15.9 Å². The lowest BCUT2D eigenvalue weighted by molar-refractivity contribution is -0.118. The Balaban J connectivity index is 1.94. The predicted molar refractivity (Wildman–Crippen MR) is 88.6 cm³/mol. The van der Waals surface area contributed by atoms with Crippen LogP contribution in [0.5, 0.6) is 5.75 Å². The SMILES string of the molecule is Cc1cc(NC(=O)COc2ccc(N)cc2)cc(C)c1Br. The lowest BCUT2D eigenvalue weighted by Gasteiger charge is -2.10. The van der Waals surface area contributed by atoms with Crippen LogP contribution < -0.4 is 15.8 Å². The van der Waals surface area contributed by atoms with E-state index in [4.69, 9.17) is 10.5 Å². The third-order valence-electron chi connectivity index (χ3n) is 2.97. The smallest absolute Gasteiger partial charge is 0.262 e. The van der Waals surface area contributed by atoms with Crippen LogP contribution in [0, 0.1) is 13.8 Å². The van der Waals surface area contributed by atoms with Gasteiger partial charge in [0.05, 0.1) is 0 Å². The highest BCUT2D eigenvalue weighted by Gasteiger charge is 2.07. The second kappa shape index (κ2) is 6.63. The monoisotopic (exact) mass is 348 g/mol. The average Bonchev–Trinajstić information content (AvgIpc) is 2.44. The number of halogens is 1. The molecule has 4 nitrogen and oxygen atoms in total. The van der Waals surface area contributed by atoms with E-state index in [0.717, 1.165) is 21.3 Å². The molecule has 21 heavy (non-hydrogen) atoms. The molecule has 0 spiro atoms. The molecule has 3 N–H and O–H groups in total. The zero-order valence-corrected chi connectivity index (χ0v) is 13.5. The van der Waals surface area contributed by atoms with Gasteiger partial charge in [0, 0.05) is 15.8 Å².